The van der Waals surface area contributed by atoms with Crippen LogP contribution < -0.4 is 0 Å². The van der Waals surface area contributed by atoms with Gasteiger partial charge in [0.05, 0.1) is 12.3 Å². The molecule has 0 spiro atoms. The monoisotopic (exact) mass is 367 g/mol. The van der Waals surface area contributed by atoms with Gasteiger partial charge in [0, 0.05) is 10.9 Å². The van der Waals surface area contributed by atoms with Crippen molar-refractivity contribution in [2.45, 2.75) is 13.1 Å². The summed E-state index contributed by atoms with van der Waals surface area (Å²) < 4.78 is 45.6. The molecule has 0 N–H and O–H groups in total. The van der Waals surface area contributed by atoms with Crippen molar-refractivity contribution < 1.29 is 22.7 Å². The van der Waals surface area contributed by atoms with E-state index in [2.05, 4.69) is 10.1 Å². The summed E-state index contributed by atoms with van der Waals surface area (Å²) in [4.78, 5) is 15.6. The zero-order valence-electron chi connectivity index (χ0n) is 12.9. The van der Waals surface area contributed by atoms with E-state index in [9.17, 15) is 18.0 Å². The molecule has 130 valence electrons. The molecular formula is C16H12F3N3O2S. The van der Waals surface area contributed by atoms with Gasteiger partial charge in [-0.2, -0.15) is 18.3 Å². The topological polar surface area (TPSA) is 57.0 Å². The van der Waals surface area contributed by atoms with Crippen LogP contribution in [-0.4, -0.2) is 27.3 Å². The zero-order valence-corrected chi connectivity index (χ0v) is 13.8. The second-order valence-electron chi connectivity index (χ2n) is 4.93. The number of hydrogen-bond acceptors (Lipinski definition) is 5. The maximum absolute atomic E-state index is 13.4. The molecule has 0 saturated heterocycles. The molecule has 0 aliphatic rings. The smallest absolute Gasteiger partial charge is 0.433 e. The molecule has 1 aromatic carbocycles. The third-order valence-electron chi connectivity index (χ3n) is 3.23. The molecule has 0 amide bonds. The van der Waals surface area contributed by atoms with E-state index in [1.54, 1.807) is 37.3 Å². The summed E-state index contributed by atoms with van der Waals surface area (Å²) in [6, 6.07) is 9.48. The lowest BCUT2D eigenvalue weighted by molar-refractivity contribution is -0.142. The van der Waals surface area contributed by atoms with Crippen LogP contribution in [0.1, 0.15) is 23.1 Å². The normalized spacial score (nSPS) is 11.5. The molecule has 0 saturated carbocycles. The third kappa shape index (κ3) is 3.55. The van der Waals surface area contributed by atoms with Gasteiger partial charge < -0.3 is 4.74 Å². The fraction of sp³-hybridized carbons (Fsp3) is 0.188. The SMILES string of the molecule is CCOC(=O)c1csc(-n2nc(-c3ccccc3)cc2C(F)(F)F)n1. The molecule has 0 bridgehead atoms. The molecule has 0 radical (unpaired) electrons. The van der Waals surface area contributed by atoms with Crippen LogP contribution in [0.15, 0.2) is 41.8 Å². The Morgan fingerprint density at radius 3 is 2.64 bits per heavy atom. The minimum Gasteiger partial charge on any atom is -0.461 e. The van der Waals surface area contributed by atoms with E-state index in [4.69, 9.17) is 4.74 Å². The van der Waals surface area contributed by atoms with Crippen molar-refractivity contribution in [2.75, 3.05) is 6.61 Å². The van der Waals surface area contributed by atoms with Crippen LogP contribution >= 0.6 is 11.3 Å². The Hall–Kier alpha value is -2.68. The van der Waals surface area contributed by atoms with Crippen molar-refractivity contribution in [3.63, 3.8) is 0 Å². The van der Waals surface area contributed by atoms with Crippen molar-refractivity contribution in [3.05, 3.63) is 53.2 Å². The highest BCUT2D eigenvalue weighted by molar-refractivity contribution is 7.12. The molecule has 0 unspecified atom stereocenters. The maximum atomic E-state index is 13.4. The van der Waals surface area contributed by atoms with E-state index < -0.39 is 17.8 Å². The van der Waals surface area contributed by atoms with Gasteiger partial charge in [0.25, 0.3) is 0 Å². The lowest BCUT2D eigenvalue weighted by atomic mass is 10.1. The van der Waals surface area contributed by atoms with Crippen LogP contribution in [0.5, 0.6) is 0 Å². The van der Waals surface area contributed by atoms with Crippen LogP contribution in [0.3, 0.4) is 0 Å². The Kier molecular flexibility index (Phi) is 4.58. The highest BCUT2D eigenvalue weighted by Crippen LogP contribution is 2.34. The number of hydrogen-bond donors (Lipinski definition) is 0. The van der Waals surface area contributed by atoms with Crippen molar-refractivity contribution in [1.29, 1.82) is 0 Å². The molecular weight excluding hydrogens is 355 g/mol. The first-order chi connectivity index (χ1) is 11.9. The molecule has 0 aliphatic heterocycles. The number of rotatable bonds is 4. The molecule has 0 atom stereocenters. The van der Waals surface area contributed by atoms with Crippen LogP contribution in [0.4, 0.5) is 13.2 Å². The Morgan fingerprint density at radius 1 is 1.28 bits per heavy atom. The predicted octanol–water partition coefficient (Wildman–Crippen LogP) is 4.19. The molecule has 5 nitrogen and oxygen atoms in total. The van der Waals surface area contributed by atoms with Crippen molar-refractivity contribution in [2.24, 2.45) is 0 Å². The first-order valence-corrected chi connectivity index (χ1v) is 8.14. The fourth-order valence-electron chi connectivity index (χ4n) is 2.14. The Labute approximate surface area is 144 Å². The molecule has 2 heterocycles. The van der Waals surface area contributed by atoms with Gasteiger partial charge in [-0.25, -0.2) is 14.5 Å². The molecule has 9 heteroatoms. The lowest BCUT2D eigenvalue weighted by Gasteiger charge is -2.06. The molecule has 0 aliphatic carbocycles. The summed E-state index contributed by atoms with van der Waals surface area (Å²) in [5, 5.41) is 5.32. The Bertz CT molecular complexity index is 888. The number of benzene rings is 1. The second kappa shape index (κ2) is 6.67. The third-order valence-corrected chi connectivity index (χ3v) is 4.04. The Morgan fingerprint density at radius 2 is 2.00 bits per heavy atom. The number of nitrogens with zero attached hydrogens (tertiary/aromatic N) is 3. The van der Waals surface area contributed by atoms with Gasteiger partial charge in [0.2, 0.25) is 5.13 Å². The molecule has 3 rings (SSSR count). The van der Waals surface area contributed by atoms with E-state index in [-0.39, 0.29) is 23.1 Å². The number of ether oxygens (including phenoxy) is 1. The number of halogens is 3. The van der Waals surface area contributed by atoms with Gasteiger partial charge in [0.15, 0.2) is 11.4 Å². The minimum atomic E-state index is -4.62. The zero-order chi connectivity index (χ0) is 18.0. The number of esters is 1. The average Bonchev–Trinajstić information content (AvgIpc) is 3.22. The van der Waals surface area contributed by atoms with E-state index in [0.29, 0.717) is 10.2 Å². The first-order valence-electron chi connectivity index (χ1n) is 7.26. The van der Waals surface area contributed by atoms with E-state index in [1.165, 1.54) is 5.38 Å². The summed E-state index contributed by atoms with van der Waals surface area (Å²) in [7, 11) is 0. The number of carbonyl (C=O) groups is 1. The summed E-state index contributed by atoms with van der Waals surface area (Å²) in [6.07, 6.45) is -4.62. The second-order valence-corrected chi connectivity index (χ2v) is 5.76. The number of alkyl halides is 3. The molecule has 25 heavy (non-hydrogen) atoms. The van der Waals surface area contributed by atoms with Crippen molar-refractivity contribution >= 4 is 17.3 Å². The van der Waals surface area contributed by atoms with Crippen LogP contribution in [0.25, 0.3) is 16.4 Å². The number of aromatic nitrogens is 3. The molecule has 0 fully saturated rings. The van der Waals surface area contributed by atoms with E-state index in [0.717, 1.165) is 17.4 Å². The summed E-state index contributed by atoms with van der Waals surface area (Å²) >= 11 is 0.884. The van der Waals surface area contributed by atoms with E-state index in [1.807, 2.05) is 0 Å². The van der Waals surface area contributed by atoms with Crippen LogP contribution in [0, 0.1) is 0 Å². The van der Waals surface area contributed by atoms with Crippen LogP contribution in [-0.2, 0) is 10.9 Å². The maximum Gasteiger partial charge on any atom is 0.433 e. The van der Waals surface area contributed by atoms with Crippen molar-refractivity contribution in [3.8, 4) is 16.4 Å². The number of carbonyl (C=O) groups excluding carboxylic acids is 1. The van der Waals surface area contributed by atoms with Gasteiger partial charge in [-0.15, -0.1) is 11.3 Å². The van der Waals surface area contributed by atoms with Gasteiger partial charge in [-0.1, -0.05) is 30.3 Å². The van der Waals surface area contributed by atoms with Crippen molar-refractivity contribution in [1.82, 2.24) is 14.8 Å². The lowest BCUT2D eigenvalue weighted by Crippen LogP contribution is -2.13. The van der Waals surface area contributed by atoms with Gasteiger partial charge in [-0.3, -0.25) is 0 Å². The van der Waals surface area contributed by atoms with Gasteiger partial charge in [-0.05, 0) is 13.0 Å². The summed E-state index contributed by atoms with van der Waals surface area (Å²) in [5.74, 6) is -0.686. The first kappa shape index (κ1) is 17.2. The quantitative estimate of drug-likeness (QED) is 0.649. The van der Waals surface area contributed by atoms with Crippen LogP contribution in [0.2, 0.25) is 0 Å². The Balaban J connectivity index is 2.06. The van der Waals surface area contributed by atoms with Gasteiger partial charge in [0.1, 0.15) is 0 Å². The standard InChI is InChI=1S/C16H12F3N3O2S/c1-2-24-14(23)12-9-25-15(20-12)22-13(16(17,18)19)8-11(21-22)10-6-4-3-5-7-10/h3-9H,2H2,1H3. The summed E-state index contributed by atoms with van der Waals surface area (Å²) in [5.41, 5.74) is -0.294. The minimum absolute atomic E-state index is 0.0493. The highest BCUT2D eigenvalue weighted by atomic mass is 32.1. The largest absolute Gasteiger partial charge is 0.461 e. The summed E-state index contributed by atoms with van der Waals surface area (Å²) in [6.45, 7) is 1.78. The van der Waals surface area contributed by atoms with E-state index >= 15 is 0 Å². The fourth-order valence-corrected chi connectivity index (χ4v) is 2.90. The average molecular weight is 367 g/mol. The van der Waals surface area contributed by atoms with Gasteiger partial charge >= 0.3 is 12.1 Å². The molecule has 3 aromatic rings. The highest BCUT2D eigenvalue weighted by Gasteiger charge is 2.37. The predicted molar refractivity (Wildman–Crippen MR) is 85.6 cm³/mol. The number of thiazole rings is 1. The molecule has 2 aromatic heterocycles.